The fourth-order valence-electron chi connectivity index (χ4n) is 2.83. The molecule has 2 aromatic carbocycles. The molecule has 0 radical (unpaired) electrons. The van der Waals surface area contributed by atoms with Crippen molar-refractivity contribution in [3.8, 4) is 11.4 Å². The van der Waals surface area contributed by atoms with E-state index < -0.39 is 0 Å². The Balaban J connectivity index is 2.17. The summed E-state index contributed by atoms with van der Waals surface area (Å²) >= 11 is 0. The number of fused-ring (bicyclic) bond motifs is 4. The van der Waals surface area contributed by atoms with Gasteiger partial charge < -0.3 is 4.57 Å². The summed E-state index contributed by atoms with van der Waals surface area (Å²) in [5.74, 6) is 0.837. The highest BCUT2D eigenvalue weighted by atomic mass is 16.6. The van der Waals surface area contributed by atoms with Crippen LogP contribution in [0.15, 0.2) is 48.5 Å². The van der Waals surface area contributed by atoms with Crippen molar-refractivity contribution < 1.29 is 4.92 Å². The highest BCUT2D eigenvalue weighted by Crippen LogP contribution is 2.35. The van der Waals surface area contributed by atoms with Gasteiger partial charge in [-0.2, -0.15) is 0 Å². The number of nitro benzene ring substituents is 1. The molecule has 2 heterocycles. The number of non-ortho nitro benzene ring substituents is 1. The first kappa shape index (κ1) is 11.8. The van der Waals surface area contributed by atoms with Crippen LogP contribution in [0.4, 0.5) is 5.69 Å². The largest absolute Gasteiger partial charge is 0.328 e. The Hall–Kier alpha value is -2.95. The summed E-state index contributed by atoms with van der Waals surface area (Å²) in [4.78, 5) is 15.2. The smallest absolute Gasteiger partial charge is 0.270 e. The normalized spacial score (nSPS) is 11.5. The molecular formula is C16H11N3O2. The molecular weight excluding hydrogens is 266 g/mol. The Labute approximate surface area is 119 Å². The number of nitro groups is 1. The second kappa shape index (κ2) is 4.02. The summed E-state index contributed by atoms with van der Waals surface area (Å²) in [6, 6.07) is 14.9. The van der Waals surface area contributed by atoms with Crippen LogP contribution < -0.4 is 0 Å². The lowest BCUT2D eigenvalue weighted by Gasteiger charge is -2.10. The van der Waals surface area contributed by atoms with Gasteiger partial charge in [0.1, 0.15) is 5.82 Å². The molecule has 5 nitrogen and oxygen atoms in total. The van der Waals surface area contributed by atoms with Gasteiger partial charge >= 0.3 is 0 Å². The maximum absolute atomic E-state index is 11.0. The van der Waals surface area contributed by atoms with E-state index in [9.17, 15) is 10.1 Å². The van der Waals surface area contributed by atoms with E-state index in [0.717, 1.165) is 33.2 Å². The number of aryl methyl sites for hydroxylation is 1. The molecule has 102 valence electrons. The molecule has 2 aliphatic rings. The summed E-state index contributed by atoms with van der Waals surface area (Å²) in [5, 5.41) is 12.9. The topological polar surface area (TPSA) is 61.0 Å². The van der Waals surface area contributed by atoms with Gasteiger partial charge in [-0.25, -0.2) is 4.98 Å². The predicted octanol–water partition coefficient (Wildman–Crippen LogP) is 3.74. The Morgan fingerprint density at radius 1 is 1.14 bits per heavy atom. The second-order valence-electron chi connectivity index (χ2n) is 5.07. The molecule has 0 atom stereocenters. The van der Waals surface area contributed by atoms with Crippen molar-refractivity contribution in [1.82, 2.24) is 9.55 Å². The standard InChI is InChI=1S/C16H11N3O2/c1-18-15-5-3-2-4-10(15)8-13-12-9-11(19(20)21)6-7-14(12)17-16(13)18/h2-9H,1H3. The summed E-state index contributed by atoms with van der Waals surface area (Å²) in [7, 11) is 1.96. The Morgan fingerprint density at radius 3 is 2.76 bits per heavy atom. The maximum atomic E-state index is 11.0. The first-order valence-corrected chi connectivity index (χ1v) is 6.57. The van der Waals surface area contributed by atoms with Crippen LogP contribution in [-0.4, -0.2) is 14.5 Å². The Kier molecular flexibility index (Phi) is 2.27. The molecule has 0 saturated carbocycles. The molecule has 2 aromatic rings. The second-order valence-corrected chi connectivity index (χ2v) is 5.07. The van der Waals surface area contributed by atoms with Crippen LogP contribution >= 0.6 is 0 Å². The molecule has 0 unspecified atom stereocenters. The summed E-state index contributed by atoms with van der Waals surface area (Å²) in [6.45, 7) is 0. The van der Waals surface area contributed by atoms with Gasteiger partial charge in [-0.3, -0.25) is 10.1 Å². The van der Waals surface area contributed by atoms with E-state index in [2.05, 4.69) is 4.98 Å². The van der Waals surface area contributed by atoms with E-state index in [1.807, 2.05) is 41.9 Å². The average Bonchev–Trinajstić information content (AvgIpc) is 2.86. The number of para-hydroxylation sites is 1. The lowest BCUT2D eigenvalue weighted by atomic mass is 10.1. The molecule has 4 rings (SSSR count). The van der Waals surface area contributed by atoms with Crippen LogP contribution in [0.1, 0.15) is 0 Å². The monoisotopic (exact) mass is 277 g/mol. The van der Waals surface area contributed by atoms with Gasteiger partial charge in [0.05, 0.1) is 10.4 Å². The molecule has 0 aliphatic carbocycles. The molecule has 0 spiro atoms. The Bertz CT molecular complexity index is 988. The van der Waals surface area contributed by atoms with Gasteiger partial charge in [-0.05, 0) is 23.6 Å². The first-order valence-electron chi connectivity index (χ1n) is 6.57. The predicted molar refractivity (Wildman–Crippen MR) is 81.5 cm³/mol. The minimum Gasteiger partial charge on any atom is -0.328 e. The van der Waals surface area contributed by atoms with E-state index in [0.29, 0.717) is 0 Å². The lowest BCUT2D eigenvalue weighted by Crippen LogP contribution is -1.98. The first-order chi connectivity index (χ1) is 10.1. The fraction of sp³-hybridized carbons (Fsp3) is 0.0625. The molecule has 5 heteroatoms. The van der Waals surface area contributed by atoms with Gasteiger partial charge in [-0.15, -0.1) is 0 Å². The molecule has 0 bridgehead atoms. The van der Waals surface area contributed by atoms with E-state index in [1.165, 1.54) is 6.07 Å². The van der Waals surface area contributed by atoms with Crippen LogP contribution in [0, 0.1) is 10.1 Å². The third kappa shape index (κ3) is 1.61. The molecule has 0 fully saturated rings. The SMILES string of the molecule is Cn1c2nc3ccc([N+](=O)[O-])cc3c-2cc2ccccc21. The van der Waals surface area contributed by atoms with Crippen LogP contribution in [0.2, 0.25) is 0 Å². The number of hydrogen-bond donors (Lipinski definition) is 0. The minimum atomic E-state index is -0.376. The van der Waals surface area contributed by atoms with E-state index >= 15 is 0 Å². The van der Waals surface area contributed by atoms with E-state index in [4.69, 9.17) is 0 Å². The summed E-state index contributed by atoms with van der Waals surface area (Å²) in [5.41, 5.74) is 2.89. The van der Waals surface area contributed by atoms with Gasteiger partial charge in [-0.1, -0.05) is 18.2 Å². The quantitative estimate of drug-likeness (QED) is 0.393. The minimum absolute atomic E-state index is 0.0904. The zero-order valence-electron chi connectivity index (χ0n) is 11.3. The molecule has 2 aliphatic heterocycles. The van der Waals surface area contributed by atoms with Crippen molar-refractivity contribution >= 4 is 27.5 Å². The number of rotatable bonds is 1. The molecule has 0 N–H and O–H groups in total. The fourth-order valence-corrected chi connectivity index (χ4v) is 2.83. The van der Waals surface area contributed by atoms with Crippen molar-refractivity contribution in [3.05, 3.63) is 58.6 Å². The molecule has 0 amide bonds. The number of pyridine rings is 1. The lowest BCUT2D eigenvalue weighted by molar-refractivity contribution is -0.384. The highest BCUT2D eigenvalue weighted by Gasteiger charge is 2.18. The van der Waals surface area contributed by atoms with Crippen LogP contribution in [0.5, 0.6) is 0 Å². The Morgan fingerprint density at radius 2 is 1.95 bits per heavy atom. The third-order valence-corrected chi connectivity index (χ3v) is 3.86. The van der Waals surface area contributed by atoms with Crippen molar-refractivity contribution in [2.24, 2.45) is 7.05 Å². The van der Waals surface area contributed by atoms with Gasteiger partial charge in [0.15, 0.2) is 0 Å². The molecule has 21 heavy (non-hydrogen) atoms. The van der Waals surface area contributed by atoms with E-state index in [1.54, 1.807) is 12.1 Å². The number of nitrogens with zero attached hydrogens (tertiary/aromatic N) is 3. The number of aromatic nitrogens is 2. The average molecular weight is 277 g/mol. The summed E-state index contributed by atoms with van der Waals surface area (Å²) in [6.07, 6.45) is 0. The number of hydrogen-bond acceptors (Lipinski definition) is 3. The van der Waals surface area contributed by atoms with Crippen LogP contribution in [0.3, 0.4) is 0 Å². The van der Waals surface area contributed by atoms with Gasteiger partial charge in [0.2, 0.25) is 0 Å². The maximum Gasteiger partial charge on any atom is 0.270 e. The van der Waals surface area contributed by atoms with Crippen molar-refractivity contribution in [3.63, 3.8) is 0 Å². The van der Waals surface area contributed by atoms with E-state index in [-0.39, 0.29) is 10.6 Å². The van der Waals surface area contributed by atoms with Gasteiger partial charge in [0, 0.05) is 35.6 Å². The zero-order chi connectivity index (χ0) is 14.6. The van der Waals surface area contributed by atoms with Gasteiger partial charge in [0.25, 0.3) is 5.69 Å². The highest BCUT2D eigenvalue weighted by molar-refractivity contribution is 6.01. The molecule has 0 saturated heterocycles. The van der Waals surface area contributed by atoms with Crippen LogP contribution in [-0.2, 0) is 7.05 Å². The summed E-state index contributed by atoms with van der Waals surface area (Å²) < 4.78 is 2.02. The van der Waals surface area contributed by atoms with Crippen LogP contribution in [0.25, 0.3) is 33.2 Å². The van der Waals surface area contributed by atoms with Crippen molar-refractivity contribution in [2.75, 3.05) is 0 Å². The molecule has 0 aromatic heterocycles. The van der Waals surface area contributed by atoms with Crippen molar-refractivity contribution in [2.45, 2.75) is 0 Å². The number of benzene rings is 2. The van der Waals surface area contributed by atoms with Crippen molar-refractivity contribution in [1.29, 1.82) is 0 Å². The third-order valence-electron chi connectivity index (χ3n) is 3.86. The zero-order valence-corrected chi connectivity index (χ0v) is 11.3.